The molecule has 0 fully saturated rings. The monoisotopic (exact) mass is 419 g/mol. The lowest BCUT2D eigenvalue weighted by Gasteiger charge is -2.18. The largest absolute Gasteiger partial charge is 0.508 e. The lowest BCUT2D eigenvalue weighted by atomic mass is 10.1. The summed E-state index contributed by atoms with van der Waals surface area (Å²) in [4.78, 5) is 19.1. The first kappa shape index (κ1) is 24.5. The number of carboxylic acid groups (broad SMARTS) is 2. The lowest BCUT2D eigenvalue weighted by molar-refractivity contribution is -0.134. The number of aromatic hydroxyl groups is 3. The molecular formula is C21H25NO8. The van der Waals surface area contributed by atoms with E-state index in [0.717, 1.165) is 12.0 Å². The quantitative estimate of drug-likeness (QED) is 0.315. The van der Waals surface area contributed by atoms with Gasteiger partial charge in [-0.05, 0) is 48.7 Å². The van der Waals surface area contributed by atoms with Gasteiger partial charge in [0.2, 0.25) is 0 Å². The molecule has 2 aromatic carbocycles. The molecule has 30 heavy (non-hydrogen) atoms. The number of hydrogen-bond acceptors (Lipinski definition) is 7. The van der Waals surface area contributed by atoms with Gasteiger partial charge >= 0.3 is 11.9 Å². The van der Waals surface area contributed by atoms with Gasteiger partial charge in [0.05, 0.1) is 6.10 Å². The summed E-state index contributed by atoms with van der Waals surface area (Å²) < 4.78 is 0. The minimum absolute atomic E-state index is 0.0776. The number of hydrogen-bond donors (Lipinski definition) is 7. The van der Waals surface area contributed by atoms with E-state index in [2.05, 4.69) is 5.32 Å². The minimum Gasteiger partial charge on any atom is -0.508 e. The van der Waals surface area contributed by atoms with Crippen LogP contribution in [-0.4, -0.2) is 55.2 Å². The molecule has 0 aromatic heterocycles. The molecule has 9 heteroatoms. The van der Waals surface area contributed by atoms with E-state index in [1.54, 1.807) is 12.1 Å². The van der Waals surface area contributed by atoms with Crippen LogP contribution in [0.1, 0.15) is 24.2 Å². The van der Waals surface area contributed by atoms with E-state index in [4.69, 9.17) is 10.2 Å². The molecule has 7 N–H and O–H groups in total. The zero-order valence-electron chi connectivity index (χ0n) is 16.3. The number of phenols is 3. The van der Waals surface area contributed by atoms with Crippen molar-refractivity contribution < 1.29 is 40.2 Å². The van der Waals surface area contributed by atoms with E-state index >= 15 is 0 Å². The maximum atomic E-state index is 10.1. The number of benzene rings is 2. The van der Waals surface area contributed by atoms with E-state index in [9.17, 15) is 30.0 Å². The highest BCUT2D eigenvalue weighted by Crippen LogP contribution is 2.24. The molecule has 2 atom stereocenters. The molecule has 0 amide bonds. The Morgan fingerprint density at radius 2 is 1.40 bits per heavy atom. The van der Waals surface area contributed by atoms with E-state index in [1.807, 2.05) is 19.1 Å². The molecule has 2 aromatic rings. The Kier molecular flexibility index (Phi) is 9.87. The highest BCUT2D eigenvalue weighted by Gasteiger charge is 2.12. The first-order valence-electron chi connectivity index (χ1n) is 8.93. The average Bonchev–Trinajstić information content (AvgIpc) is 2.66. The van der Waals surface area contributed by atoms with Crippen molar-refractivity contribution in [1.29, 1.82) is 0 Å². The van der Waals surface area contributed by atoms with Crippen LogP contribution < -0.4 is 5.32 Å². The number of nitrogens with one attached hydrogen (secondary N) is 1. The Hall–Kier alpha value is -3.56. The molecule has 162 valence electrons. The fourth-order valence-corrected chi connectivity index (χ4v) is 2.44. The molecule has 0 saturated heterocycles. The van der Waals surface area contributed by atoms with Gasteiger partial charge in [0.15, 0.2) is 0 Å². The summed E-state index contributed by atoms with van der Waals surface area (Å²) in [6.07, 6.45) is 1.06. The van der Waals surface area contributed by atoms with Crippen molar-refractivity contribution in [2.24, 2.45) is 0 Å². The molecule has 0 unspecified atom stereocenters. The highest BCUT2D eigenvalue weighted by atomic mass is 16.4. The fourth-order valence-electron chi connectivity index (χ4n) is 2.44. The standard InChI is InChI=1S/C17H21NO4.C4H4O4/c1-11(6-12-2-4-14(19)5-3-12)18-10-17(22)13-7-15(20)9-16(21)8-13;5-3(6)1-2-4(7)8/h2-5,7-9,11,17-22H,6,10H2,1H3;1-2H,(H,5,6)(H,7,8)/b;2-1+/t11-,17+;/m1./s1. The summed E-state index contributed by atoms with van der Waals surface area (Å²) in [5.41, 5.74) is 1.55. The zero-order chi connectivity index (χ0) is 22.7. The second kappa shape index (κ2) is 12.1. The first-order chi connectivity index (χ1) is 14.1. The zero-order valence-corrected chi connectivity index (χ0v) is 16.3. The Bertz CT molecular complexity index is 828. The van der Waals surface area contributed by atoms with Crippen molar-refractivity contribution in [2.45, 2.75) is 25.5 Å². The van der Waals surface area contributed by atoms with Gasteiger partial charge in [0.25, 0.3) is 0 Å². The second-order valence-corrected chi connectivity index (χ2v) is 6.49. The van der Waals surface area contributed by atoms with Gasteiger partial charge < -0.3 is 36.0 Å². The SMILES string of the molecule is C[C@H](Cc1ccc(O)cc1)NC[C@H](O)c1cc(O)cc(O)c1.O=C(O)/C=C/C(=O)O. The average molecular weight is 419 g/mol. The molecule has 0 radical (unpaired) electrons. The van der Waals surface area contributed by atoms with Crippen molar-refractivity contribution in [3.8, 4) is 17.2 Å². The smallest absolute Gasteiger partial charge is 0.328 e. The van der Waals surface area contributed by atoms with Crippen LogP contribution >= 0.6 is 0 Å². The molecule has 0 heterocycles. The molecule has 9 nitrogen and oxygen atoms in total. The third kappa shape index (κ3) is 10.1. The van der Waals surface area contributed by atoms with Crippen molar-refractivity contribution in [1.82, 2.24) is 5.32 Å². The summed E-state index contributed by atoms with van der Waals surface area (Å²) in [6.45, 7) is 2.31. The van der Waals surface area contributed by atoms with Gasteiger partial charge in [-0.1, -0.05) is 12.1 Å². The number of aliphatic hydroxyl groups is 1. The Labute approximate surface area is 173 Å². The molecule has 0 aliphatic carbocycles. The Morgan fingerprint density at radius 3 is 1.87 bits per heavy atom. The van der Waals surface area contributed by atoms with Crippen molar-refractivity contribution in [3.05, 3.63) is 65.7 Å². The summed E-state index contributed by atoms with van der Waals surface area (Å²) >= 11 is 0. The highest BCUT2D eigenvalue weighted by molar-refractivity contribution is 5.89. The van der Waals surface area contributed by atoms with E-state index in [1.165, 1.54) is 18.2 Å². The normalized spacial score (nSPS) is 12.6. The van der Waals surface area contributed by atoms with Crippen molar-refractivity contribution in [2.75, 3.05) is 6.54 Å². The molecule has 0 spiro atoms. The summed E-state index contributed by atoms with van der Waals surface area (Å²) in [5, 5.41) is 57.0. The molecular weight excluding hydrogens is 394 g/mol. The molecule has 2 rings (SSSR count). The maximum Gasteiger partial charge on any atom is 0.328 e. The predicted octanol–water partition coefficient (Wildman–Crippen LogP) is 1.77. The molecule has 0 aliphatic heterocycles. The van der Waals surface area contributed by atoms with Crippen molar-refractivity contribution in [3.63, 3.8) is 0 Å². The number of carbonyl (C=O) groups is 2. The van der Waals surface area contributed by atoms with Crippen LogP contribution in [0.2, 0.25) is 0 Å². The van der Waals surface area contributed by atoms with Crippen LogP contribution in [0.4, 0.5) is 0 Å². The minimum atomic E-state index is -1.26. The molecule has 0 saturated carbocycles. The number of aliphatic hydroxyl groups excluding tert-OH is 1. The lowest BCUT2D eigenvalue weighted by Crippen LogP contribution is -2.32. The Morgan fingerprint density at radius 1 is 0.900 bits per heavy atom. The third-order valence-corrected chi connectivity index (χ3v) is 3.82. The van der Waals surface area contributed by atoms with Gasteiger partial charge in [-0.3, -0.25) is 0 Å². The van der Waals surface area contributed by atoms with Crippen LogP contribution in [0.25, 0.3) is 0 Å². The van der Waals surface area contributed by atoms with Gasteiger partial charge in [0, 0.05) is 30.8 Å². The summed E-state index contributed by atoms with van der Waals surface area (Å²) in [6, 6.07) is 11.2. The number of carboxylic acids is 2. The molecule has 0 bridgehead atoms. The Balaban J connectivity index is 0.000000479. The van der Waals surface area contributed by atoms with Crippen molar-refractivity contribution >= 4 is 11.9 Å². The van der Waals surface area contributed by atoms with Gasteiger partial charge in [0.1, 0.15) is 17.2 Å². The van der Waals surface area contributed by atoms with Crippen LogP contribution in [0.5, 0.6) is 17.2 Å². The van der Waals surface area contributed by atoms with Gasteiger partial charge in [-0.25, -0.2) is 9.59 Å². The van der Waals surface area contributed by atoms with Crippen LogP contribution in [0.3, 0.4) is 0 Å². The van der Waals surface area contributed by atoms with Crippen LogP contribution in [0, 0.1) is 0 Å². The van der Waals surface area contributed by atoms with E-state index in [0.29, 0.717) is 24.3 Å². The predicted molar refractivity (Wildman–Crippen MR) is 108 cm³/mol. The second-order valence-electron chi connectivity index (χ2n) is 6.49. The first-order valence-corrected chi connectivity index (χ1v) is 8.93. The van der Waals surface area contributed by atoms with Gasteiger partial charge in [-0.2, -0.15) is 0 Å². The molecule has 0 aliphatic rings. The van der Waals surface area contributed by atoms with Gasteiger partial charge in [-0.15, -0.1) is 0 Å². The van der Waals surface area contributed by atoms with E-state index in [-0.39, 0.29) is 23.3 Å². The number of rotatable bonds is 8. The van der Waals surface area contributed by atoms with Crippen LogP contribution in [0.15, 0.2) is 54.6 Å². The third-order valence-electron chi connectivity index (χ3n) is 3.82. The maximum absolute atomic E-state index is 10.1. The summed E-state index contributed by atoms with van der Waals surface area (Å²) in [5.74, 6) is -2.43. The van der Waals surface area contributed by atoms with Crippen LogP contribution in [-0.2, 0) is 16.0 Å². The van der Waals surface area contributed by atoms with E-state index < -0.39 is 18.0 Å². The summed E-state index contributed by atoms with van der Waals surface area (Å²) in [7, 11) is 0. The fraction of sp³-hybridized carbons (Fsp3) is 0.238. The number of phenolic OH excluding ortho intramolecular Hbond substituents is 3. The topological polar surface area (TPSA) is 168 Å². The number of aliphatic carboxylic acids is 2.